The van der Waals surface area contributed by atoms with E-state index in [2.05, 4.69) is 10.1 Å². The molecule has 0 saturated carbocycles. The fraction of sp³-hybridized carbons (Fsp3) is 0.385. The molecule has 4 N–H and O–H groups in total. The molecule has 1 amide bonds. The fourth-order valence-electron chi connectivity index (χ4n) is 4.79. The molecule has 4 rings (SSSR count). The third kappa shape index (κ3) is 6.11. The summed E-state index contributed by atoms with van der Waals surface area (Å²) in [5.74, 6) is -1.34. The highest BCUT2D eigenvalue weighted by atomic mass is 35.5. The number of alkyl halides is 3. The molecule has 39 heavy (non-hydrogen) atoms. The van der Waals surface area contributed by atoms with Gasteiger partial charge in [-0.05, 0) is 43.9 Å². The van der Waals surface area contributed by atoms with E-state index < -0.39 is 41.1 Å². The summed E-state index contributed by atoms with van der Waals surface area (Å²) < 4.78 is 41.5. The van der Waals surface area contributed by atoms with Crippen LogP contribution in [0.25, 0.3) is 11.4 Å². The number of halogens is 4. The maximum absolute atomic E-state index is 13.4. The summed E-state index contributed by atoms with van der Waals surface area (Å²) in [4.78, 5) is 42.0. The number of aromatic amines is 1. The first-order chi connectivity index (χ1) is 18.3. The highest BCUT2D eigenvalue weighted by Gasteiger charge is 2.40. The molecule has 13 heteroatoms. The van der Waals surface area contributed by atoms with Gasteiger partial charge in [-0.15, -0.1) is 5.10 Å². The molecule has 2 heterocycles. The summed E-state index contributed by atoms with van der Waals surface area (Å²) in [6, 6.07) is 10.9. The molecule has 0 spiro atoms. The number of aliphatic carboxylic acids is 1. The van der Waals surface area contributed by atoms with Gasteiger partial charge in [-0.3, -0.25) is 14.6 Å². The van der Waals surface area contributed by atoms with Crippen molar-refractivity contribution in [3.8, 4) is 11.4 Å². The van der Waals surface area contributed by atoms with Crippen molar-refractivity contribution in [1.29, 1.82) is 0 Å². The van der Waals surface area contributed by atoms with Crippen molar-refractivity contribution in [3.63, 3.8) is 0 Å². The number of carbonyl (C=O) groups is 2. The lowest BCUT2D eigenvalue weighted by molar-refractivity contribution is -0.153. The fourth-order valence-corrected chi connectivity index (χ4v) is 5.03. The number of carbonyl (C=O) groups excluding carboxylic acids is 1. The van der Waals surface area contributed by atoms with Crippen LogP contribution in [0.4, 0.5) is 18.9 Å². The molecule has 208 valence electrons. The molecule has 2 aromatic carbocycles. The quantitative estimate of drug-likeness (QED) is 0.364. The molecule has 1 aromatic heterocycles. The van der Waals surface area contributed by atoms with Crippen LogP contribution in [-0.4, -0.2) is 49.7 Å². The van der Waals surface area contributed by atoms with Crippen LogP contribution in [0.1, 0.15) is 43.4 Å². The number of hydrogen-bond acceptors (Lipinski definition) is 5. The van der Waals surface area contributed by atoms with Crippen LogP contribution in [-0.2, 0) is 22.2 Å². The Hall–Kier alpha value is -3.80. The number of benzene rings is 2. The van der Waals surface area contributed by atoms with Crippen LogP contribution >= 0.6 is 11.6 Å². The Bertz CT molecular complexity index is 1430. The van der Waals surface area contributed by atoms with Gasteiger partial charge in [0.15, 0.2) is 5.82 Å². The largest absolute Gasteiger partial charge is 0.481 e. The molecule has 1 aliphatic rings. The predicted molar refractivity (Wildman–Crippen MR) is 138 cm³/mol. The first-order valence-electron chi connectivity index (χ1n) is 12.2. The van der Waals surface area contributed by atoms with Gasteiger partial charge in [-0.2, -0.15) is 13.2 Å². The van der Waals surface area contributed by atoms with E-state index in [-0.39, 0.29) is 41.8 Å². The number of H-pyrrole nitrogens is 1. The van der Waals surface area contributed by atoms with Gasteiger partial charge in [0.1, 0.15) is 0 Å². The third-order valence-electron chi connectivity index (χ3n) is 7.00. The number of carboxylic acid groups (broad SMARTS) is 1. The van der Waals surface area contributed by atoms with Gasteiger partial charge < -0.3 is 15.7 Å². The lowest BCUT2D eigenvalue weighted by Crippen LogP contribution is -2.44. The van der Waals surface area contributed by atoms with Crippen LogP contribution in [0.2, 0.25) is 5.02 Å². The molecule has 1 fully saturated rings. The average molecular weight is 566 g/mol. The number of piperidine rings is 1. The molecule has 0 radical (unpaired) electrons. The summed E-state index contributed by atoms with van der Waals surface area (Å²) in [7, 11) is 0. The number of nitrogens with zero attached hydrogens (tertiary/aromatic N) is 3. The number of likely N-dealkylation sites (tertiary alicyclic amines) is 1. The Balaban J connectivity index is 1.44. The molecular formula is C26H27ClF3N5O4. The van der Waals surface area contributed by atoms with E-state index in [1.54, 1.807) is 0 Å². The number of nitrogen functional groups attached to an aromatic ring is 1. The average Bonchev–Trinajstić information content (AvgIpc) is 3.27. The van der Waals surface area contributed by atoms with Crippen molar-refractivity contribution in [2.75, 3.05) is 18.8 Å². The maximum Gasteiger partial charge on any atom is 0.418 e. The summed E-state index contributed by atoms with van der Waals surface area (Å²) in [5.41, 5.74) is 2.39. The van der Waals surface area contributed by atoms with Gasteiger partial charge in [-0.25, -0.2) is 9.48 Å². The molecule has 0 aliphatic carbocycles. The minimum Gasteiger partial charge on any atom is -0.481 e. The Morgan fingerprint density at radius 3 is 2.41 bits per heavy atom. The van der Waals surface area contributed by atoms with Crippen LogP contribution in [0, 0.1) is 5.41 Å². The van der Waals surface area contributed by atoms with Gasteiger partial charge in [0.2, 0.25) is 5.91 Å². The van der Waals surface area contributed by atoms with E-state index in [4.69, 9.17) is 17.3 Å². The summed E-state index contributed by atoms with van der Waals surface area (Å²) in [5, 5.41) is 14.0. The number of rotatable bonds is 7. The van der Waals surface area contributed by atoms with E-state index in [1.165, 1.54) is 22.6 Å². The number of hydrogen-bond donors (Lipinski definition) is 3. The Kier molecular flexibility index (Phi) is 7.78. The van der Waals surface area contributed by atoms with Crippen molar-refractivity contribution in [3.05, 3.63) is 69.1 Å². The van der Waals surface area contributed by atoms with Gasteiger partial charge in [-0.1, -0.05) is 41.9 Å². The second kappa shape index (κ2) is 10.8. The van der Waals surface area contributed by atoms with Crippen molar-refractivity contribution in [1.82, 2.24) is 19.7 Å². The van der Waals surface area contributed by atoms with Crippen LogP contribution in [0.15, 0.2) is 47.3 Å². The molecule has 0 bridgehead atoms. The van der Waals surface area contributed by atoms with Crippen molar-refractivity contribution in [2.45, 2.75) is 44.8 Å². The number of nitrogens with two attached hydrogens (primary N) is 1. The van der Waals surface area contributed by atoms with E-state index in [1.807, 2.05) is 30.3 Å². The predicted octanol–water partition coefficient (Wildman–Crippen LogP) is 4.38. The second-order valence-corrected chi connectivity index (χ2v) is 10.4. The van der Waals surface area contributed by atoms with E-state index in [0.717, 1.165) is 11.6 Å². The molecule has 9 nitrogen and oxygen atoms in total. The zero-order chi connectivity index (χ0) is 28.5. The van der Waals surface area contributed by atoms with Gasteiger partial charge in [0.05, 0.1) is 27.7 Å². The SMILES string of the molecule is C[C@@](CC(=O)N1CCC(n2nc(-c3ccccc3)[nH]c2=O)CC1)(Cc1cc(Cl)c(N)c(C(F)(F)F)c1)C(=O)O. The number of nitrogens with one attached hydrogen (secondary N) is 1. The Morgan fingerprint density at radius 1 is 1.18 bits per heavy atom. The normalized spacial score (nSPS) is 16.2. The number of aromatic nitrogens is 3. The molecule has 1 aliphatic heterocycles. The molecule has 1 atom stereocenters. The minimum atomic E-state index is -4.78. The van der Waals surface area contributed by atoms with Gasteiger partial charge >= 0.3 is 17.8 Å². The molecule has 0 unspecified atom stereocenters. The van der Waals surface area contributed by atoms with E-state index in [9.17, 15) is 32.7 Å². The minimum absolute atomic E-state index is 0.00469. The zero-order valence-corrected chi connectivity index (χ0v) is 21.7. The third-order valence-corrected chi connectivity index (χ3v) is 7.31. The number of carboxylic acids is 1. The number of anilines is 1. The van der Waals surface area contributed by atoms with Crippen LogP contribution in [0.5, 0.6) is 0 Å². The standard InChI is InChI=1S/C26H27ClF3N5O4/c1-25(23(37)38,13-15-11-18(26(28,29)30)21(31)19(27)12-15)14-20(36)34-9-7-17(8-10-34)35-24(39)32-22(33-35)16-5-3-2-4-6-16/h2-6,11-12,17H,7-10,13-14,31H2,1H3,(H,37,38)(H,32,33,39)/t25-/m0/s1. The molecule has 1 saturated heterocycles. The lowest BCUT2D eigenvalue weighted by atomic mass is 9.79. The smallest absolute Gasteiger partial charge is 0.418 e. The highest BCUT2D eigenvalue weighted by Crippen LogP contribution is 2.39. The van der Waals surface area contributed by atoms with Crippen molar-refractivity contribution in [2.24, 2.45) is 5.41 Å². The lowest BCUT2D eigenvalue weighted by Gasteiger charge is -2.34. The monoisotopic (exact) mass is 565 g/mol. The first-order valence-corrected chi connectivity index (χ1v) is 12.6. The molecular weight excluding hydrogens is 539 g/mol. The summed E-state index contributed by atoms with van der Waals surface area (Å²) >= 11 is 5.89. The Morgan fingerprint density at radius 2 is 1.82 bits per heavy atom. The first kappa shape index (κ1) is 28.2. The summed E-state index contributed by atoms with van der Waals surface area (Å²) in [6.07, 6.45) is -4.72. The van der Waals surface area contributed by atoms with Crippen molar-refractivity contribution < 1.29 is 27.9 Å². The van der Waals surface area contributed by atoms with Gasteiger partial charge in [0, 0.05) is 25.1 Å². The molecule has 3 aromatic rings. The van der Waals surface area contributed by atoms with Gasteiger partial charge in [0.25, 0.3) is 0 Å². The maximum atomic E-state index is 13.4. The Labute approximate surface area is 226 Å². The number of amides is 1. The second-order valence-electron chi connectivity index (χ2n) is 9.96. The summed E-state index contributed by atoms with van der Waals surface area (Å²) in [6.45, 7) is 1.85. The van der Waals surface area contributed by atoms with Crippen molar-refractivity contribution >= 4 is 29.2 Å². The van der Waals surface area contributed by atoms with E-state index in [0.29, 0.717) is 18.7 Å². The zero-order valence-electron chi connectivity index (χ0n) is 21.0. The van der Waals surface area contributed by atoms with Crippen LogP contribution in [0.3, 0.4) is 0 Å². The van der Waals surface area contributed by atoms with E-state index >= 15 is 0 Å². The highest BCUT2D eigenvalue weighted by molar-refractivity contribution is 6.33. The topological polar surface area (TPSA) is 134 Å². The van der Waals surface area contributed by atoms with Crippen LogP contribution < -0.4 is 11.4 Å².